The van der Waals surface area contributed by atoms with Crippen molar-refractivity contribution in [3.63, 3.8) is 0 Å². The first-order valence-corrected chi connectivity index (χ1v) is 19.0. The predicted molar refractivity (Wildman–Crippen MR) is 187 cm³/mol. The van der Waals surface area contributed by atoms with Crippen molar-refractivity contribution in [2.24, 2.45) is 0 Å². The molecule has 0 bridgehead atoms. The SMILES string of the molecule is CCCCCCCCc1sc(-c2ccc(-c3ccc(-c4sc(CCCCCCCC)c(C#N)c4C#N)s3)s2)c(C#N)c1C#N. The fraction of sp³-hybridized carbons (Fsp3) is 0.444. The summed E-state index contributed by atoms with van der Waals surface area (Å²) in [6, 6.07) is 17.6. The molecule has 0 atom stereocenters. The number of nitriles is 4. The molecule has 0 N–H and O–H groups in total. The Kier molecular flexibility index (Phi) is 13.2. The Labute approximate surface area is 278 Å². The van der Waals surface area contributed by atoms with Crippen molar-refractivity contribution in [3.05, 3.63) is 56.3 Å². The van der Waals surface area contributed by atoms with Gasteiger partial charge in [0, 0.05) is 29.3 Å². The van der Waals surface area contributed by atoms with Crippen LogP contribution in [0.3, 0.4) is 0 Å². The number of unbranched alkanes of at least 4 members (excludes halogenated alkanes) is 10. The molecule has 0 fully saturated rings. The molecule has 0 saturated heterocycles. The summed E-state index contributed by atoms with van der Waals surface area (Å²) in [6.45, 7) is 4.44. The van der Waals surface area contributed by atoms with Crippen molar-refractivity contribution in [2.75, 3.05) is 0 Å². The van der Waals surface area contributed by atoms with Crippen molar-refractivity contribution in [3.8, 4) is 53.5 Å². The monoisotopic (exact) mass is 654 g/mol. The molecule has 0 aliphatic rings. The van der Waals surface area contributed by atoms with Crippen molar-refractivity contribution in [1.29, 1.82) is 21.0 Å². The van der Waals surface area contributed by atoms with Crippen LogP contribution < -0.4 is 0 Å². The Balaban J connectivity index is 1.52. The number of hydrogen-bond acceptors (Lipinski definition) is 8. The summed E-state index contributed by atoms with van der Waals surface area (Å²) < 4.78 is 0. The zero-order valence-corrected chi connectivity index (χ0v) is 28.9. The number of nitrogens with zero attached hydrogens (tertiary/aromatic N) is 4. The van der Waals surface area contributed by atoms with E-state index in [1.807, 2.05) is 0 Å². The first-order valence-electron chi connectivity index (χ1n) is 15.7. The van der Waals surface area contributed by atoms with Crippen molar-refractivity contribution in [2.45, 2.75) is 104 Å². The van der Waals surface area contributed by atoms with Gasteiger partial charge in [-0.2, -0.15) is 21.0 Å². The van der Waals surface area contributed by atoms with Crippen LogP contribution in [0.2, 0.25) is 0 Å². The van der Waals surface area contributed by atoms with E-state index in [1.54, 1.807) is 45.3 Å². The van der Waals surface area contributed by atoms with Crippen LogP contribution in [0.4, 0.5) is 0 Å². The second-order valence-corrected chi connectivity index (χ2v) is 15.4. The molecule has 0 amide bonds. The van der Waals surface area contributed by atoms with E-state index in [1.165, 1.54) is 51.4 Å². The van der Waals surface area contributed by atoms with Gasteiger partial charge in [-0.3, -0.25) is 0 Å². The smallest absolute Gasteiger partial charge is 0.102 e. The third-order valence-electron chi connectivity index (χ3n) is 7.83. The lowest BCUT2D eigenvalue weighted by molar-refractivity contribution is 0.609. The van der Waals surface area contributed by atoms with Crippen molar-refractivity contribution < 1.29 is 0 Å². The van der Waals surface area contributed by atoms with Crippen LogP contribution in [0, 0.1) is 45.3 Å². The van der Waals surface area contributed by atoms with E-state index in [9.17, 15) is 21.0 Å². The molecule has 0 aliphatic heterocycles. The lowest BCUT2D eigenvalue weighted by atomic mass is 10.0. The molecular weight excluding hydrogens is 617 g/mol. The Morgan fingerprint density at radius 2 is 0.773 bits per heavy atom. The van der Waals surface area contributed by atoms with E-state index in [2.05, 4.69) is 62.4 Å². The number of hydrogen-bond donors (Lipinski definition) is 0. The molecule has 44 heavy (non-hydrogen) atoms. The Hall–Kier alpha value is -3.24. The van der Waals surface area contributed by atoms with E-state index in [0.29, 0.717) is 22.3 Å². The maximum atomic E-state index is 9.99. The Morgan fingerprint density at radius 3 is 1.14 bits per heavy atom. The van der Waals surface area contributed by atoms with Gasteiger partial charge in [0.2, 0.25) is 0 Å². The maximum absolute atomic E-state index is 9.99. The molecule has 4 nitrogen and oxygen atoms in total. The highest BCUT2D eigenvalue weighted by Crippen LogP contribution is 2.46. The van der Waals surface area contributed by atoms with Gasteiger partial charge in [0.1, 0.15) is 24.3 Å². The highest BCUT2D eigenvalue weighted by Gasteiger charge is 2.23. The first kappa shape index (κ1) is 33.6. The number of aryl methyl sites for hydroxylation is 2. The van der Waals surface area contributed by atoms with Gasteiger partial charge in [-0.25, -0.2) is 0 Å². The van der Waals surface area contributed by atoms with Crippen LogP contribution in [-0.4, -0.2) is 0 Å². The zero-order valence-electron chi connectivity index (χ0n) is 25.6. The average Bonchev–Trinajstić information content (AvgIpc) is 3.84. The Bertz CT molecular complexity index is 1580. The van der Waals surface area contributed by atoms with Crippen LogP contribution in [0.1, 0.15) is 123 Å². The number of thiophene rings is 4. The molecule has 226 valence electrons. The molecule has 0 spiro atoms. The van der Waals surface area contributed by atoms with Crippen molar-refractivity contribution >= 4 is 45.3 Å². The lowest BCUT2D eigenvalue weighted by Gasteiger charge is -2.00. The highest BCUT2D eigenvalue weighted by atomic mass is 32.1. The second kappa shape index (κ2) is 17.3. The molecule has 0 aliphatic carbocycles. The van der Waals surface area contributed by atoms with Crippen LogP contribution in [0.15, 0.2) is 24.3 Å². The average molecular weight is 655 g/mol. The summed E-state index contributed by atoms with van der Waals surface area (Å²) in [5, 5.41) is 39.8. The van der Waals surface area contributed by atoms with Gasteiger partial charge in [-0.15, -0.1) is 45.3 Å². The minimum atomic E-state index is 0.498. The van der Waals surface area contributed by atoms with Crippen molar-refractivity contribution in [1.82, 2.24) is 0 Å². The maximum Gasteiger partial charge on any atom is 0.102 e. The van der Waals surface area contributed by atoms with E-state index in [-0.39, 0.29) is 0 Å². The van der Waals surface area contributed by atoms with E-state index in [4.69, 9.17) is 0 Å². The normalized spacial score (nSPS) is 10.8. The standard InChI is InChI=1S/C36H38N4S4/c1-3-5-7-9-11-13-15-29-25(21-37)27(23-39)35(43-29)33-19-17-31(41-33)32-18-20-34(42-32)36-28(24-40)26(22-38)30(44-36)16-14-12-10-8-6-4-2/h17-20H,3-16H2,1-2H3. The predicted octanol–water partition coefficient (Wildman–Crippen LogP) is 12.2. The number of rotatable bonds is 17. The minimum absolute atomic E-state index is 0.498. The summed E-state index contributed by atoms with van der Waals surface area (Å²) in [6.07, 6.45) is 16.0. The van der Waals surface area contributed by atoms with Gasteiger partial charge in [0.25, 0.3) is 0 Å². The van der Waals surface area contributed by atoms with Gasteiger partial charge >= 0.3 is 0 Å². The molecular formula is C36H38N4S4. The summed E-state index contributed by atoms with van der Waals surface area (Å²) in [5.74, 6) is 0. The topological polar surface area (TPSA) is 95.2 Å². The minimum Gasteiger partial charge on any atom is -0.192 e. The summed E-state index contributed by atoms with van der Waals surface area (Å²) in [5.41, 5.74) is 2.08. The highest BCUT2D eigenvalue weighted by molar-refractivity contribution is 7.28. The fourth-order valence-corrected chi connectivity index (χ4v) is 10.2. The van der Waals surface area contributed by atoms with Gasteiger partial charge in [0.15, 0.2) is 0 Å². The lowest BCUT2D eigenvalue weighted by Crippen LogP contribution is -1.87. The van der Waals surface area contributed by atoms with Crippen LogP contribution in [0.5, 0.6) is 0 Å². The fourth-order valence-electron chi connectivity index (χ4n) is 5.42. The molecule has 4 aromatic rings. The Morgan fingerprint density at radius 1 is 0.432 bits per heavy atom. The molecule has 4 rings (SSSR count). The van der Waals surface area contributed by atoms with Gasteiger partial charge in [-0.1, -0.05) is 78.1 Å². The second-order valence-electron chi connectivity index (χ2n) is 11.0. The largest absolute Gasteiger partial charge is 0.192 e. The quantitative estimate of drug-likeness (QED) is 0.106. The van der Waals surface area contributed by atoms with Crippen LogP contribution >= 0.6 is 45.3 Å². The van der Waals surface area contributed by atoms with E-state index in [0.717, 1.165) is 77.5 Å². The summed E-state index contributed by atoms with van der Waals surface area (Å²) >= 11 is 6.46. The van der Waals surface area contributed by atoms with E-state index >= 15 is 0 Å². The van der Waals surface area contributed by atoms with E-state index < -0.39 is 0 Å². The van der Waals surface area contributed by atoms with Gasteiger partial charge in [0.05, 0.1) is 32.0 Å². The van der Waals surface area contributed by atoms with Crippen LogP contribution in [-0.2, 0) is 12.8 Å². The third-order valence-corrected chi connectivity index (χ3v) is 13.1. The first-order chi connectivity index (χ1) is 21.6. The van der Waals surface area contributed by atoms with Crippen LogP contribution in [0.25, 0.3) is 29.3 Å². The molecule has 0 radical (unpaired) electrons. The molecule has 0 saturated carbocycles. The van der Waals surface area contributed by atoms with Gasteiger partial charge < -0.3 is 0 Å². The molecule has 4 heterocycles. The zero-order chi connectivity index (χ0) is 31.3. The third kappa shape index (κ3) is 8.07. The summed E-state index contributed by atoms with van der Waals surface area (Å²) in [7, 11) is 0. The summed E-state index contributed by atoms with van der Waals surface area (Å²) in [4.78, 5) is 8.01. The molecule has 0 unspecified atom stereocenters. The molecule has 0 aromatic carbocycles. The molecule has 4 aromatic heterocycles. The molecule has 8 heteroatoms. The van der Waals surface area contributed by atoms with Gasteiger partial charge in [-0.05, 0) is 49.9 Å².